The maximum absolute atomic E-state index is 2.71. The quantitative estimate of drug-likeness (QED) is 0.379. The van der Waals surface area contributed by atoms with E-state index in [2.05, 4.69) is 83.1 Å². The van der Waals surface area contributed by atoms with E-state index in [1.165, 1.54) is 0 Å². The molecule has 17 heavy (non-hydrogen) atoms. The van der Waals surface area contributed by atoms with Gasteiger partial charge >= 0.3 is 116 Å². The SMILES string of the molecule is C[C](C)(C)[Hf]([C](C)(C)C)([C](C)(C)C)[C](C)(C)C. The summed E-state index contributed by atoms with van der Waals surface area (Å²) in [5.41, 5.74) is 0. The van der Waals surface area contributed by atoms with E-state index in [1.807, 2.05) is 0 Å². The molecule has 0 aromatic heterocycles. The Hall–Kier alpha value is 0.870. The molecule has 0 aromatic rings. The molecule has 0 radical (unpaired) electrons. The van der Waals surface area contributed by atoms with Crippen molar-refractivity contribution in [1.82, 2.24) is 0 Å². The molecule has 0 aliphatic carbocycles. The Balaban J connectivity index is 6.37. The van der Waals surface area contributed by atoms with Crippen molar-refractivity contribution in [3.63, 3.8) is 0 Å². The van der Waals surface area contributed by atoms with Crippen LogP contribution in [0.4, 0.5) is 0 Å². The van der Waals surface area contributed by atoms with E-state index >= 15 is 0 Å². The molecule has 0 rings (SSSR count). The number of rotatable bonds is 0. The summed E-state index contributed by atoms with van der Waals surface area (Å²) in [7, 11) is 0. The maximum atomic E-state index is 2.51. The molecule has 0 fully saturated rings. The average Bonchev–Trinajstić information content (AvgIpc) is 1.67. The van der Waals surface area contributed by atoms with E-state index in [0.29, 0.717) is 12.7 Å². The van der Waals surface area contributed by atoms with Gasteiger partial charge in [0.1, 0.15) is 0 Å². The molecule has 0 saturated heterocycles. The first kappa shape index (κ1) is 17.9. The predicted octanol–water partition coefficient (Wildman–Crippen LogP) is 7.01. The van der Waals surface area contributed by atoms with Crippen LogP contribution in [0.3, 0.4) is 0 Å². The van der Waals surface area contributed by atoms with E-state index < -0.39 is 20.0 Å². The molecule has 0 heterocycles. The van der Waals surface area contributed by atoms with Gasteiger partial charge in [0.25, 0.3) is 0 Å². The van der Waals surface area contributed by atoms with Crippen molar-refractivity contribution in [2.24, 2.45) is 0 Å². The zero-order valence-electron chi connectivity index (χ0n) is 14.5. The van der Waals surface area contributed by atoms with Crippen LogP contribution in [0.5, 0.6) is 0 Å². The molecular weight excluding hydrogens is 371 g/mol. The van der Waals surface area contributed by atoms with Crippen molar-refractivity contribution in [2.75, 3.05) is 0 Å². The molecule has 0 spiro atoms. The molecule has 0 N–H and O–H groups in total. The first-order valence-electron chi connectivity index (χ1n) is 7.00. The van der Waals surface area contributed by atoms with Crippen LogP contribution >= 0.6 is 0 Å². The van der Waals surface area contributed by atoms with Crippen LogP contribution in [0.15, 0.2) is 0 Å². The first-order chi connectivity index (χ1) is 7.00. The Morgan fingerprint density at radius 2 is 0.471 bits per heavy atom. The standard InChI is InChI=1S/4C4H9.Hf/c4*1-4(2)3;/h4*1-3H3;. The zero-order valence-corrected chi connectivity index (χ0v) is 18.1. The van der Waals surface area contributed by atoms with Crippen LogP contribution in [0, 0.1) is 0 Å². The van der Waals surface area contributed by atoms with Gasteiger partial charge in [-0.3, -0.25) is 0 Å². The van der Waals surface area contributed by atoms with E-state index in [4.69, 9.17) is 0 Å². The van der Waals surface area contributed by atoms with Gasteiger partial charge in [-0.2, -0.15) is 0 Å². The van der Waals surface area contributed by atoms with Gasteiger partial charge < -0.3 is 0 Å². The normalized spacial score (nSPS) is 16.2. The van der Waals surface area contributed by atoms with Crippen molar-refractivity contribution in [1.29, 1.82) is 0 Å². The predicted molar refractivity (Wildman–Crippen MR) is 78.9 cm³/mol. The molecule has 0 unspecified atom stereocenters. The third-order valence-electron chi connectivity index (χ3n) is 4.50. The van der Waals surface area contributed by atoms with Gasteiger partial charge in [-0.1, -0.05) is 0 Å². The molecule has 104 valence electrons. The summed E-state index contributed by atoms with van der Waals surface area (Å²) in [6.07, 6.45) is 0. The summed E-state index contributed by atoms with van der Waals surface area (Å²) in [5.74, 6) is 0. The first-order valence-corrected chi connectivity index (χ1v) is 14.2. The fourth-order valence-corrected chi connectivity index (χ4v) is 55.3. The number of hydrogen-bond donors (Lipinski definition) is 0. The summed E-state index contributed by atoms with van der Waals surface area (Å²) in [6, 6.07) is 0. The molecule has 0 saturated carbocycles. The van der Waals surface area contributed by atoms with Crippen molar-refractivity contribution >= 4 is 0 Å². The van der Waals surface area contributed by atoms with Gasteiger partial charge in [-0.15, -0.1) is 0 Å². The summed E-state index contributed by atoms with van der Waals surface area (Å²) >= 11 is -2.71. The Morgan fingerprint density at radius 3 is 0.471 bits per heavy atom. The summed E-state index contributed by atoms with van der Waals surface area (Å²) in [5, 5.41) is 0. The summed E-state index contributed by atoms with van der Waals surface area (Å²) in [6.45, 7) is 30.1. The molecule has 0 aliphatic heterocycles. The van der Waals surface area contributed by atoms with Gasteiger partial charge in [-0.25, -0.2) is 0 Å². The third kappa shape index (κ3) is 2.74. The monoisotopic (exact) mass is 408 g/mol. The topological polar surface area (TPSA) is 0 Å². The Morgan fingerprint density at radius 1 is 0.353 bits per heavy atom. The van der Waals surface area contributed by atoms with Crippen molar-refractivity contribution in [2.45, 2.75) is 95.8 Å². The van der Waals surface area contributed by atoms with Crippen LogP contribution in [0.2, 0.25) is 12.7 Å². The molecule has 0 amide bonds. The van der Waals surface area contributed by atoms with Crippen molar-refractivity contribution in [3.8, 4) is 0 Å². The third-order valence-corrected chi connectivity index (χ3v) is 36.8. The molecule has 0 bridgehead atoms. The van der Waals surface area contributed by atoms with E-state index in [1.54, 1.807) is 0 Å². The molecular formula is C16H36Hf. The van der Waals surface area contributed by atoms with Gasteiger partial charge in [0.2, 0.25) is 0 Å². The second-order valence-corrected chi connectivity index (χ2v) is 36.7. The van der Waals surface area contributed by atoms with Crippen molar-refractivity contribution < 1.29 is 20.0 Å². The van der Waals surface area contributed by atoms with E-state index in [-0.39, 0.29) is 0 Å². The van der Waals surface area contributed by atoms with Crippen LogP contribution in [0.25, 0.3) is 0 Å². The fourth-order valence-electron chi connectivity index (χ4n) is 6.75. The summed E-state index contributed by atoms with van der Waals surface area (Å²) < 4.78 is 1.95. The zero-order chi connectivity index (χ0) is 14.5. The second kappa shape index (κ2) is 4.46. The van der Waals surface area contributed by atoms with Crippen LogP contribution in [-0.4, -0.2) is 0 Å². The van der Waals surface area contributed by atoms with Crippen molar-refractivity contribution in [3.05, 3.63) is 0 Å². The Bertz CT molecular complexity index is 198. The van der Waals surface area contributed by atoms with E-state index in [0.717, 1.165) is 0 Å². The minimum absolute atomic E-state index is 0.488. The van der Waals surface area contributed by atoms with Gasteiger partial charge in [0.05, 0.1) is 0 Å². The molecule has 1 heteroatoms. The minimum atomic E-state index is -2.71. The molecule has 0 aromatic carbocycles. The molecule has 0 aliphatic rings. The Labute approximate surface area is 115 Å². The molecule has 0 atom stereocenters. The second-order valence-electron chi connectivity index (χ2n) is 9.75. The van der Waals surface area contributed by atoms with Gasteiger partial charge in [0, 0.05) is 0 Å². The van der Waals surface area contributed by atoms with Crippen LogP contribution < -0.4 is 0 Å². The van der Waals surface area contributed by atoms with E-state index in [9.17, 15) is 0 Å². The molecule has 0 nitrogen and oxygen atoms in total. The van der Waals surface area contributed by atoms with Crippen LogP contribution in [0.1, 0.15) is 83.1 Å². The average molecular weight is 407 g/mol. The number of hydrogen-bond acceptors (Lipinski definition) is 0. The Kier molecular flexibility index (Phi) is 4.69. The van der Waals surface area contributed by atoms with Gasteiger partial charge in [0.15, 0.2) is 0 Å². The summed E-state index contributed by atoms with van der Waals surface area (Å²) in [4.78, 5) is 0. The van der Waals surface area contributed by atoms with Gasteiger partial charge in [-0.05, 0) is 0 Å². The fraction of sp³-hybridized carbons (Fsp3) is 1.00. The van der Waals surface area contributed by atoms with Crippen LogP contribution in [-0.2, 0) is 20.0 Å².